The van der Waals surface area contributed by atoms with E-state index in [0.29, 0.717) is 19.3 Å². The van der Waals surface area contributed by atoms with E-state index in [1.807, 2.05) is 13.0 Å². The fourth-order valence-electron chi connectivity index (χ4n) is 10.5. The second kappa shape index (κ2) is 29.9. The summed E-state index contributed by atoms with van der Waals surface area (Å²) in [5, 5.41) is 0.149. The molecule has 0 N–H and O–H groups in total. The Balaban J connectivity index is 1.72. The molecule has 1 unspecified atom stereocenters. The molecule has 452 valence electrons. The molecule has 12 heteroatoms. The van der Waals surface area contributed by atoms with Gasteiger partial charge in [0.15, 0.2) is 30.7 Å². The van der Waals surface area contributed by atoms with E-state index in [1.165, 1.54) is 17.2 Å². The highest BCUT2D eigenvalue weighted by atomic mass is 28.4. The Morgan fingerprint density at radius 3 is 1.92 bits per heavy atom. The third-order valence-electron chi connectivity index (χ3n) is 18.3. The summed E-state index contributed by atoms with van der Waals surface area (Å²) in [5.74, 6) is -0.464. The first-order valence-corrected chi connectivity index (χ1v) is 39.4. The summed E-state index contributed by atoms with van der Waals surface area (Å²) in [5.41, 5.74) is 5.60. The fraction of sp³-hybridized carbons (Fsp3) is 0.761. The topological polar surface area (TPSA) is 98.8 Å². The number of esters is 2. The number of hydrogen-bond donors (Lipinski definition) is 0. The van der Waals surface area contributed by atoms with Gasteiger partial charge in [-0.15, -0.1) is 0 Å². The third kappa shape index (κ3) is 23.3. The van der Waals surface area contributed by atoms with E-state index in [9.17, 15) is 9.59 Å². The van der Waals surface area contributed by atoms with Gasteiger partial charge in [0.1, 0.15) is 12.2 Å². The molecule has 0 bridgehead atoms. The van der Waals surface area contributed by atoms with Crippen molar-refractivity contribution in [2.45, 2.75) is 312 Å². The second-order valence-corrected chi connectivity index (χ2v) is 43.7. The number of cyclic esters (lactones) is 1. The number of carbonyl (C=O) groups excluding carboxylic acids is 2. The molecular formula is C67H118O9Si3. The van der Waals surface area contributed by atoms with Crippen LogP contribution in [0, 0.1) is 17.8 Å². The number of ether oxygens (including phenoxy) is 4. The van der Waals surface area contributed by atoms with Gasteiger partial charge in [0.25, 0.3) is 0 Å². The molecule has 1 spiro atoms. The zero-order valence-corrected chi connectivity index (χ0v) is 58.1. The zero-order chi connectivity index (χ0) is 60.1. The van der Waals surface area contributed by atoms with E-state index in [2.05, 4.69) is 206 Å². The van der Waals surface area contributed by atoms with Gasteiger partial charge in [0.05, 0.1) is 24.4 Å². The quantitative estimate of drug-likeness (QED) is 0.0366. The van der Waals surface area contributed by atoms with Gasteiger partial charge < -0.3 is 32.2 Å². The van der Waals surface area contributed by atoms with Crippen LogP contribution in [-0.4, -0.2) is 85.4 Å². The first kappa shape index (κ1) is 70.8. The maximum absolute atomic E-state index is 13.4. The minimum atomic E-state index is -2.23. The van der Waals surface area contributed by atoms with Gasteiger partial charge in [-0.3, -0.25) is 4.79 Å². The Labute approximate surface area is 488 Å². The first-order chi connectivity index (χ1) is 36.1. The van der Waals surface area contributed by atoms with E-state index < -0.39 is 30.7 Å². The molecule has 0 aromatic rings. The minimum Gasteiger partial charge on any atom is -0.462 e. The first-order valence-electron chi connectivity index (χ1n) is 30.7. The van der Waals surface area contributed by atoms with Crippen LogP contribution in [0.1, 0.15) is 209 Å². The smallest absolute Gasteiger partial charge is 0.331 e. The van der Waals surface area contributed by atoms with Crippen LogP contribution in [0.25, 0.3) is 0 Å². The molecule has 0 aromatic carbocycles. The van der Waals surface area contributed by atoms with Crippen molar-refractivity contribution in [3.05, 3.63) is 82.5 Å². The molecule has 2 aliphatic heterocycles. The summed E-state index contributed by atoms with van der Waals surface area (Å²) in [6, 6.07) is 0. The molecule has 0 radical (unpaired) electrons. The summed E-state index contributed by atoms with van der Waals surface area (Å²) >= 11 is 0. The molecule has 0 amide bonds. The standard InChI is InChI=1S/C67H118O9Si3/c1-47(30-28-31-48(2)44-60(75-78(22,23)65(14,15)16)61(76-79(24,25)66(17,18)19)46-56(10)74-77(20,21)64(11,12)13)40-49(3)35-37-63(69)70-57-32-29-33-62(68)71-58(36-34-50(4)41-52(57)6)53(7)42-51(5)43-54(8)59-45-55(9)72-67(73-59)38-26-27-39-67/h28,30-31,34-35,37,40,43-44,52-61H,26-27,29,32-33,36,38-39,41-42,45-46H2,1-25H3/b31-28+,37-35+,47-30+,48-44+,49-40-,50-34+,51-43+/t52-,53-,54+,55+,56-,57?,58+,59+,60-,61-/m0/s1. The fourth-order valence-corrected chi connectivity index (χ4v) is 14.6. The average Bonchev–Trinajstić information content (AvgIpc) is 3.72. The lowest BCUT2D eigenvalue weighted by Gasteiger charge is -2.46. The normalized spacial score (nSPS) is 26.3. The Bertz CT molecular complexity index is 2180. The Hall–Kier alpha value is -2.43. The lowest BCUT2D eigenvalue weighted by atomic mass is 9.88. The second-order valence-electron chi connectivity index (χ2n) is 29.4. The van der Waals surface area contributed by atoms with E-state index in [4.69, 9.17) is 32.2 Å². The van der Waals surface area contributed by atoms with Crippen molar-refractivity contribution in [3.8, 4) is 0 Å². The van der Waals surface area contributed by atoms with Crippen LogP contribution in [0.4, 0.5) is 0 Å². The molecule has 0 aromatic heterocycles. The summed E-state index contributed by atoms with van der Waals surface area (Å²) in [6.07, 6.45) is 27.7. The van der Waals surface area contributed by atoms with Crippen molar-refractivity contribution in [2.24, 2.45) is 17.8 Å². The van der Waals surface area contributed by atoms with E-state index in [1.54, 1.807) is 0 Å². The molecule has 2 heterocycles. The highest BCUT2D eigenvalue weighted by Crippen LogP contribution is 2.45. The van der Waals surface area contributed by atoms with Crippen LogP contribution in [0.15, 0.2) is 82.5 Å². The molecule has 3 rings (SSSR count). The van der Waals surface area contributed by atoms with Crippen LogP contribution in [0.2, 0.25) is 54.4 Å². The summed E-state index contributed by atoms with van der Waals surface area (Å²) in [4.78, 5) is 26.8. The van der Waals surface area contributed by atoms with Crippen molar-refractivity contribution in [1.29, 1.82) is 0 Å². The van der Waals surface area contributed by atoms with Crippen molar-refractivity contribution in [2.75, 3.05) is 0 Å². The molecule has 1 saturated carbocycles. The predicted molar refractivity (Wildman–Crippen MR) is 340 cm³/mol. The van der Waals surface area contributed by atoms with Crippen LogP contribution in [-0.2, 0) is 41.8 Å². The van der Waals surface area contributed by atoms with E-state index >= 15 is 0 Å². The van der Waals surface area contributed by atoms with Gasteiger partial charge in [-0.1, -0.05) is 160 Å². The molecule has 79 heavy (non-hydrogen) atoms. The molecule has 3 aliphatic rings. The van der Waals surface area contributed by atoms with Crippen molar-refractivity contribution in [3.63, 3.8) is 0 Å². The predicted octanol–water partition coefficient (Wildman–Crippen LogP) is 19.0. The number of hydrogen-bond acceptors (Lipinski definition) is 9. The molecule has 10 atom stereocenters. The molecule has 9 nitrogen and oxygen atoms in total. The summed E-state index contributed by atoms with van der Waals surface area (Å²) < 4.78 is 47.0. The van der Waals surface area contributed by atoms with Crippen molar-refractivity contribution < 1.29 is 41.8 Å². The van der Waals surface area contributed by atoms with Crippen molar-refractivity contribution >= 4 is 36.9 Å². The van der Waals surface area contributed by atoms with E-state index in [0.717, 1.165) is 68.1 Å². The highest BCUT2D eigenvalue weighted by molar-refractivity contribution is 6.75. The summed E-state index contributed by atoms with van der Waals surface area (Å²) in [7, 11) is -6.47. The van der Waals surface area contributed by atoms with Crippen LogP contribution < -0.4 is 0 Å². The summed E-state index contributed by atoms with van der Waals surface area (Å²) in [6.45, 7) is 56.3. The maximum atomic E-state index is 13.4. The van der Waals surface area contributed by atoms with Crippen molar-refractivity contribution in [1.82, 2.24) is 0 Å². The van der Waals surface area contributed by atoms with Gasteiger partial charge >= 0.3 is 11.9 Å². The van der Waals surface area contributed by atoms with E-state index in [-0.39, 0.29) is 94.0 Å². The molecule has 1 aliphatic carbocycles. The molecule has 1 saturated heterocycles. The van der Waals surface area contributed by atoms with Gasteiger partial charge in [0, 0.05) is 50.2 Å². The maximum Gasteiger partial charge on any atom is 0.331 e. The third-order valence-corrected chi connectivity index (χ3v) is 31.9. The highest BCUT2D eigenvalue weighted by Gasteiger charge is 2.47. The largest absolute Gasteiger partial charge is 0.462 e. The monoisotopic (exact) mass is 1150 g/mol. The zero-order valence-electron chi connectivity index (χ0n) is 55.1. The van der Waals surface area contributed by atoms with Gasteiger partial charge in [-0.25, -0.2) is 4.79 Å². The van der Waals surface area contributed by atoms with Crippen LogP contribution in [0.3, 0.4) is 0 Å². The minimum absolute atomic E-state index is 0.00810. The molecular weight excluding hydrogens is 1030 g/mol. The van der Waals surface area contributed by atoms with Crippen LogP contribution in [0.5, 0.6) is 0 Å². The molecule has 2 fully saturated rings. The Morgan fingerprint density at radius 2 is 1.33 bits per heavy atom. The Kier molecular flexibility index (Phi) is 26.8. The SMILES string of the molecule is CC(=C/C(C)=C/C=C/C(C)=C/[C@H](O[Si](C)(C)C(C)(C)C)[C@H](C[C@H](C)O[Si](C)(C)C(C)(C)C)O[Si](C)(C)C(C)(C)C)/C=C/C(=O)OC1CCCC(=O)O[C@@H]([C@@H](C)C/C(C)=C/[C@@H](C)[C@H]2C[C@@H](C)OC3(CCCC3)O2)C/C=C(\C)C[C@@H]1C. The van der Waals surface area contributed by atoms with Gasteiger partial charge in [0.2, 0.25) is 0 Å². The average molecular weight is 1150 g/mol. The van der Waals surface area contributed by atoms with Crippen LogP contribution >= 0.6 is 0 Å². The Morgan fingerprint density at radius 1 is 0.747 bits per heavy atom. The lowest BCUT2D eigenvalue weighted by Crippen LogP contribution is -2.52. The van der Waals surface area contributed by atoms with Gasteiger partial charge in [-0.05, 0) is 160 Å². The number of rotatable bonds is 21. The number of carbonyl (C=O) groups is 2. The van der Waals surface area contributed by atoms with Gasteiger partial charge in [-0.2, -0.15) is 0 Å². The number of allylic oxidation sites excluding steroid dienone is 10. The lowest BCUT2D eigenvalue weighted by molar-refractivity contribution is -0.316.